The quantitative estimate of drug-likeness (QED) is 0.769. The van der Waals surface area contributed by atoms with E-state index in [9.17, 15) is 14.7 Å². The van der Waals surface area contributed by atoms with Crippen molar-refractivity contribution in [3.63, 3.8) is 0 Å². The Balaban J connectivity index is 2.22. The molecule has 0 aliphatic carbocycles. The number of nitriles is 1. The lowest BCUT2D eigenvalue weighted by Crippen LogP contribution is -2.36. The summed E-state index contributed by atoms with van der Waals surface area (Å²) in [6, 6.07) is 8.30. The van der Waals surface area contributed by atoms with Gasteiger partial charge in [0.25, 0.3) is 11.8 Å². The highest BCUT2D eigenvalue weighted by Crippen LogP contribution is 2.22. The minimum Gasteiger partial charge on any atom is -0.390 e. The van der Waals surface area contributed by atoms with E-state index < -0.39 is 17.9 Å². The first-order chi connectivity index (χ1) is 8.15. The number of β-amino-alcohol motifs (C(OH)–C–C–N with tert-alkyl or cyclic N) is 1. The highest BCUT2D eigenvalue weighted by Gasteiger charge is 2.35. The number of amides is 2. The molecule has 1 aliphatic rings. The second-order valence-electron chi connectivity index (χ2n) is 3.78. The molecule has 0 radical (unpaired) electrons. The summed E-state index contributed by atoms with van der Waals surface area (Å²) < 4.78 is 0. The average Bonchev–Trinajstić information content (AvgIpc) is 2.56. The number of imide groups is 1. The molecule has 0 spiro atoms. The maximum absolute atomic E-state index is 11.9. The van der Waals surface area contributed by atoms with Crippen molar-refractivity contribution in [1.29, 1.82) is 5.26 Å². The lowest BCUT2D eigenvalue weighted by molar-refractivity contribution is 0.0549. The molecule has 0 saturated heterocycles. The molecule has 0 fully saturated rings. The number of aliphatic hydroxyl groups is 1. The number of hydrogen-bond acceptors (Lipinski definition) is 4. The van der Waals surface area contributed by atoms with Crippen molar-refractivity contribution in [1.82, 2.24) is 4.90 Å². The van der Waals surface area contributed by atoms with Gasteiger partial charge in [0.1, 0.15) is 0 Å². The van der Waals surface area contributed by atoms with Gasteiger partial charge in [0.15, 0.2) is 0 Å². The Morgan fingerprint density at radius 2 is 1.76 bits per heavy atom. The Morgan fingerprint density at radius 3 is 2.24 bits per heavy atom. The number of aliphatic hydroxyl groups excluding tert-OH is 1. The molecular formula is C12H10N2O3. The van der Waals surface area contributed by atoms with Crippen LogP contribution in [0.5, 0.6) is 0 Å². The van der Waals surface area contributed by atoms with Crippen molar-refractivity contribution >= 4 is 11.8 Å². The summed E-state index contributed by atoms with van der Waals surface area (Å²) in [5.41, 5.74) is 0.698. The van der Waals surface area contributed by atoms with Crippen LogP contribution in [0.1, 0.15) is 27.1 Å². The molecular weight excluding hydrogens is 220 g/mol. The number of nitrogens with zero attached hydrogens (tertiary/aromatic N) is 2. The van der Waals surface area contributed by atoms with Crippen LogP contribution in [-0.2, 0) is 0 Å². The van der Waals surface area contributed by atoms with Crippen LogP contribution in [0, 0.1) is 11.3 Å². The summed E-state index contributed by atoms with van der Waals surface area (Å²) in [4.78, 5) is 24.7. The molecule has 5 heteroatoms. The van der Waals surface area contributed by atoms with Crippen LogP contribution < -0.4 is 0 Å². The van der Waals surface area contributed by atoms with E-state index in [0.29, 0.717) is 11.1 Å². The third-order valence-corrected chi connectivity index (χ3v) is 2.60. The zero-order valence-electron chi connectivity index (χ0n) is 8.96. The maximum atomic E-state index is 11.9. The van der Waals surface area contributed by atoms with Crippen molar-refractivity contribution < 1.29 is 14.7 Å². The van der Waals surface area contributed by atoms with Gasteiger partial charge in [-0.1, -0.05) is 12.1 Å². The first kappa shape index (κ1) is 11.3. The van der Waals surface area contributed by atoms with E-state index in [1.165, 1.54) is 0 Å². The molecule has 0 aromatic heterocycles. The second kappa shape index (κ2) is 4.36. The van der Waals surface area contributed by atoms with E-state index in [4.69, 9.17) is 5.26 Å². The number of carbonyl (C=O) groups excluding carboxylic acids is 2. The maximum Gasteiger partial charge on any atom is 0.261 e. The Morgan fingerprint density at radius 1 is 1.24 bits per heavy atom. The molecule has 0 bridgehead atoms. The number of rotatable bonds is 3. The van der Waals surface area contributed by atoms with Crippen molar-refractivity contribution in [2.45, 2.75) is 12.5 Å². The number of benzene rings is 1. The van der Waals surface area contributed by atoms with E-state index in [-0.39, 0.29) is 13.0 Å². The molecule has 17 heavy (non-hydrogen) atoms. The average molecular weight is 230 g/mol. The van der Waals surface area contributed by atoms with Gasteiger partial charge in [-0.25, -0.2) is 0 Å². The smallest absolute Gasteiger partial charge is 0.261 e. The monoisotopic (exact) mass is 230 g/mol. The topological polar surface area (TPSA) is 81.4 Å². The van der Waals surface area contributed by atoms with Gasteiger partial charge in [0.05, 0.1) is 36.3 Å². The summed E-state index contributed by atoms with van der Waals surface area (Å²) in [7, 11) is 0. The molecule has 2 amide bonds. The van der Waals surface area contributed by atoms with Crippen molar-refractivity contribution in [3.05, 3.63) is 35.4 Å². The minimum absolute atomic E-state index is 0.104. The molecule has 1 N–H and O–H groups in total. The molecule has 1 aromatic rings. The van der Waals surface area contributed by atoms with Crippen LogP contribution in [0.3, 0.4) is 0 Å². The fourth-order valence-electron chi connectivity index (χ4n) is 1.79. The van der Waals surface area contributed by atoms with Gasteiger partial charge in [0, 0.05) is 0 Å². The zero-order valence-corrected chi connectivity index (χ0v) is 8.96. The molecule has 1 aromatic carbocycles. The Hall–Kier alpha value is -2.19. The van der Waals surface area contributed by atoms with Crippen LogP contribution in [-0.4, -0.2) is 34.5 Å². The molecule has 1 heterocycles. The number of hydrogen-bond donors (Lipinski definition) is 1. The van der Waals surface area contributed by atoms with Crippen LogP contribution in [0.4, 0.5) is 0 Å². The Labute approximate surface area is 97.9 Å². The molecule has 1 atom stereocenters. The van der Waals surface area contributed by atoms with Gasteiger partial charge in [-0.3, -0.25) is 14.5 Å². The number of carbonyl (C=O) groups is 2. The Kier molecular flexibility index (Phi) is 2.90. The van der Waals surface area contributed by atoms with E-state index in [0.717, 1.165) is 4.90 Å². The molecule has 5 nitrogen and oxygen atoms in total. The summed E-state index contributed by atoms with van der Waals surface area (Å²) in [6.07, 6.45) is -1.10. The van der Waals surface area contributed by atoms with Crippen molar-refractivity contribution in [2.75, 3.05) is 6.54 Å². The van der Waals surface area contributed by atoms with Gasteiger partial charge in [-0.05, 0) is 12.1 Å². The van der Waals surface area contributed by atoms with Gasteiger partial charge >= 0.3 is 0 Å². The minimum atomic E-state index is -0.998. The summed E-state index contributed by atoms with van der Waals surface area (Å²) >= 11 is 0. The highest BCUT2D eigenvalue weighted by molar-refractivity contribution is 6.21. The molecule has 1 unspecified atom stereocenters. The predicted octanol–water partition coefficient (Wildman–Crippen LogP) is 0.557. The zero-order chi connectivity index (χ0) is 12.4. The summed E-state index contributed by atoms with van der Waals surface area (Å²) in [6.45, 7) is -0.139. The van der Waals surface area contributed by atoms with Crippen molar-refractivity contribution in [3.8, 4) is 6.07 Å². The van der Waals surface area contributed by atoms with Crippen LogP contribution in [0.2, 0.25) is 0 Å². The van der Waals surface area contributed by atoms with Crippen LogP contribution in [0.15, 0.2) is 24.3 Å². The van der Waals surface area contributed by atoms with Gasteiger partial charge in [-0.15, -0.1) is 0 Å². The number of fused-ring (bicyclic) bond motifs is 1. The normalized spacial score (nSPS) is 15.6. The van der Waals surface area contributed by atoms with Crippen LogP contribution >= 0.6 is 0 Å². The molecule has 1 aliphatic heterocycles. The molecule has 0 saturated carbocycles. The summed E-state index contributed by atoms with van der Waals surface area (Å²) in [5.74, 6) is -0.829. The predicted molar refractivity (Wildman–Crippen MR) is 58.0 cm³/mol. The largest absolute Gasteiger partial charge is 0.390 e. The lowest BCUT2D eigenvalue weighted by Gasteiger charge is -2.16. The van der Waals surface area contributed by atoms with E-state index in [1.807, 2.05) is 0 Å². The second-order valence-corrected chi connectivity index (χ2v) is 3.78. The first-order valence-corrected chi connectivity index (χ1v) is 5.15. The third-order valence-electron chi connectivity index (χ3n) is 2.60. The SMILES string of the molecule is N#CCC(O)CN1C(=O)c2ccccc2C1=O. The van der Waals surface area contributed by atoms with Gasteiger partial charge in [-0.2, -0.15) is 5.26 Å². The van der Waals surface area contributed by atoms with Gasteiger partial charge < -0.3 is 5.11 Å². The first-order valence-electron chi connectivity index (χ1n) is 5.15. The molecule has 2 rings (SSSR count). The van der Waals surface area contributed by atoms with E-state index in [2.05, 4.69) is 0 Å². The fraction of sp³-hybridized carbons (Fsp3) is 0.250. The standard InChI is InChI=1S/C12H10N2O3/c13-6-5-8(15)7-14-11(16)9-3-1-2-4-10(9)12(14)17/h1-4,8,15H,5,7H2. The Bertz CT molecular complexity index is 484. The third kappa shape index (κ3) is 1.90. The van der Waals surface area contributed by atoms with Gasteiger partial charge in [0.2, 0.25) is 0 Å². The lowest BCUT2D eigenvalue weighted by atomic mass is 10.1. The van der Waals surface area contributed by atoms with E-state index in [1.54, 1.807) is 30.3 Å². The van der Waals surface area contributed by atoms with E-state index >= 15 is 0 Å². The summed E-state index contributed by atoms with van der Waals surface area (Å²) in [5, 5.41) is 17.9. The highest BCUT2D eigenvalue weighted by atomic mass is 16.3. The molecule has 86 valence electrons. The van der Waals surface area contributed by atoms with Crippen molar-refractivity contribution in [2.24, 2.45) is 0 Å². The fourth-order valence-corrected chi connectivity index (χ4v) is 1.79. The van der Waals surface area contributed by atoms with Crippen LogP contribution in [0.25, 0.3) is 0 Å².